The normalized spacial score (nSPS) is 16.8. The minimum absolute atomic E-state index is 0.135. The summed E-state index contributed by atoms with van der Waals surface area (Å²) in [5, 5.41) is 13.1. The standard InChI is InChI=1S/C10H17N3O2S/c1-7(4-10(2,11)9(14)15)16-8-5-12-13(3)6-8/h5-7H,4,11H2,1-3H3,(H,14,15). The van der Waals surface area contributed by atoms with Crippen molar-refractivity contribution in [2.24, 2.45) is 12.8 Å². The number of nitrogens with zero attached hydrogens (tertiary/aromatic N) is 2. The van der Waals surface area contributed by atoms with Crippen LogP contribution in [0.15, 0.2) is 17.3 Å². The Morgan fingerprint density at radius 3 is 2.88 bits per heavy atom. The monoisotopic (exact) mass is 243 g/mol. The van der Waals surface area contributed by atoms with Crippen LogP contribution in [0.25, 0.3) is 0 Å². The molecule has 0 aromatic carbocycles. The predicted molar refractivity (Wildman–Crippen MR) is 63.4 cm³/mol. The second kappa shape index (κ2) is 4.88. The van der Waals surface area contributed by atoms with Gasteiger partial charge in [-0.15, -0.1) is 11.8 Å². The first-order valence-electron chi connectivity index (χ1n) is 4.99. The second-order valence-electron chi connectivity index (χ2n) is 4.20. The molecule has 5 nitrogen and oxygen atoms in total. The van der Waals surface area contributed by atoms with E-state index in [0.717, 1.165) is 4.90 Å². The molecule has 0 aliphatic carbocycles. The summed E-state index contributed by atoms with van der Waals surface area (Å²) >= 11 is 1.58. The zero-order valence-corrected chi connectivity index (χ0v) is 10.5. The average Bonchev–Trinajstić information content (AvgIpc) is 2.49. The molecule has 90 valence electrons. The third kappa shape index (κ3) is 3.53. The van der Waals surface area contributed by atoms with E-state index in [1.54, 1.807) is 22.6 Å². The molecule has 1 heterocycles. The number of thioether (sulfide) groups is 1. The Labute approximate surface area is 99.0 Å². The number of carboxylic acids is 1. The maximum Gasteiger partial charge on any atom is 0.323 e. The number of carboxylic acid groups (broad SMARTS) is 1. The van der Waals surface area contributed by atoms with Crippen molar-refractivity contribution in [2.45, 2.75) is 36.0 Å². The van der Waals surface area contributed by atoms with E-state index in [-0.39, 0.29) is 5.25 Å². The summed E-state index contributed by atoms with van der Waals surface area (Å²) in [6.07, 6.45) is 4.08. The van der Waals surface area contributed by atoms with Gasteiger partial charge in [-0.05, 0) is 13.3 Å². The Balaban J connectivity index is 2.54. The van der Waals surface area contributed by atoms with Crippen molar-refractivity contribution in [3.8, 4) is 0 Å². The highest BCUT2D eigenvalue weighted by atomic mass is 32.2. The fraction of sp³-hybridized carbons (Fsp3) is 0.600. The molecular formula is C10H17N3O2S. The lowest BCUT2D eigenvalue weighted by atomic mass is 9.98. The second-order valence-corrected chi connectivity index (χ2v) is 5.72. The van der Waals surface area contributed by atoms with Crippen molar-refractivity contribution in [2.75, 3.05) is 0 Å². The molecule has 0 fully saturated rings. The van der Waals surface area contributed by atoms with E-state index in [1.807, 2.05) is 20.2 Å². The molecule has 0 saturated heterocycles. The number of aryl methyl sites for hydroxylation is 1. The van der Waals surface area contributed by atoms with Gasteiger partial charge in [0.15, 0.2) is 0 Å². The largest absolute Gasteiger partial charge is 0.480 e. The van der Waals surface area contributed by atoms with Gasteiger partial charge in [-0.2, -0.15) is 5.10 Å². The smallest absolute Gasteiger partial charge is 0.323 e. The van der Waals surface area contributed by atoms with Gasteiger partial charge in [-0.3, -0.25) is 9.48 Å². The molecule has 0 spiro atoms. The highest BCUT2D eigenvalue weighted by Gasteiger charge is 2.30. The number of carbonyl (C=O) groups is 1. The minimum atomic E-state index is -1.17. The summed E-state index contributed by atoms with van der Waals surface area (Å²) in [5.41, 5.74) is 4.51. The predicted octanol–water partition coefficient (Wildman–Crippen LogP) is 1.09. The first kappa shape index (κ1) is 13.1. The fourth-order valence-electron chi connectivity index (χ4n) is 1.42. The van der Waals surface area contributed by atoms with E-state index in [9.17, 15) is 4.79 Å². The van der Waals surface area contributed by atoms with E-state index in [1.165, 1.54) is 6.92 Å². The number of nitrogens with two attached hydrogens (primary N) is 1. The molecule has 0 amide bonds. The molecular weight excluding hydrogens is 226 g/mol. The van der Waals surface area contributed by atoms with Crippen molar-refractivity contribution < 1.29 is 9.90 Å². The fourth-order valence-corrected chi connectivity index (χ4v) is 2.63. The Morgan fingerprint density at radius 1 is 1.81 bits per heavy atom. The highest BCUT2D eigenvalue weighted by molar-refractivity contribution is 7.99. The maximum absolute atomic E-state index is 10.9. The van der Waals surface area contributed by atoms with Crippen LogP contribution in [-0.4, -0.2) is 31.6 Å². The third-order valence-electron chi connectivity index (χ3n) is 2.22. The summed E-state index contributed by atoms with van der Waals surface area (Å²) in [4.78, 5) is 11.9. The SMILES string of the molecule is CC(CC(C)(N)C(=O)O)Sc1cnn(C)c1. The van der Waals surface area contributed by atoms with E-state index >= 15 is 0 Å². The lowest BCUT2D eigenvalue weighted by Crippen LogP contribution is -2.46. The van der Waals surface area contributed by atoms with Gasteiger partial charge in [-0.1, -0.05) is 6.92 Å². The van der Waals surface area contributed by atoms with Crippen molar-refractivity contribution in [3.63, 3.8) is 0 Å². The first-order chi connectivity index (χ1) is 7.31. The summed E-state index contributed by atoms with van der Waals surface area (Å²) in [6.45, 7) is 3.50. The number of rotatable bonds is 5. The zero-order valence-electron chi connectivity index (χ0n) is 9.67. The van der Waals surface area contributed by atoms with Crippen molar-refractivity contribution >= 4 is 17.7 Å². The van der Waals surface area contributed by atoms with E-state index in [0.29, 0.717) is 6.42 Å². The molecule has 0 aliphatic heterocycles. The van der Waals surface area contributed by atoms with Gasteiger partial charge in [0.2, 0.25) is 0 Å². The topological polar surface area (TPSA) is 81.1 Å². The highest BCUT2D eigenvalue weighted by Crippen LogP contribution is 2.27. The molecule has 0 bridgehead atoms. The third-order valence-corrected chi connectivity index (χ3v) is 3.27. The van der Waals surface area contributed by atoms with Gasteiger partial charge in [0.25, 0.3) is 0 Å². The molecule has 2 unspecified atom stereocenters. The Morgan fingerprint density at radius 2 is 2.44 bits per heavy atom. The van der Waals surface area contributed by atoms with Gasteiger partial charge in [0.1, 0.15) is 5.54 Å². The van der Waals surface area contributed by atoms with E-state index < -0.39 is 11.5 Å². The van der Waals surface area contributed by atoms with Crippen LogP contribution >= 0.6 is 11.8 Å². The van der Waals surface area contributed by atoms with Crippen LogP contribution in [0.2, 0.25) is 0 Å². The Hall–Kier alpha value is -1.01. The van der Waals surface area contributed by atoms with Crippen molar-refractivity contribution in [1.82, 2.24) is 9.78 Å². The molecule has 2 atom stereocenters. The maximum atomic E-state index is 10.9. The molecule has 6 heteroatoms. The number of hydrogen-bond donors (Lipinski definition) is 2. The van der Waals surface area contributed by atoms with Crippen LogP contribution in [0.4, 0.5) is 0 Å². The van der Waals surface area contributed by atoms with E-state index in [2.05, 4.69) is 5.10 Å². The van der Waals surface area contributed by atoms with Crippen LogP contribution in [0.1, 0.15) is 20.3 Å². The lowest BCUT2D eigenvalue weighted by molar-refractivity contribution is -0.142. The Bertz CT molecular complexity index is 376. The van der Waals surface area contributed by atoms with Gasteiger partial charge in [-0.25, -0.2) is 0 Å². The quantitative estimate of drug-likeness (QED) is 0.757. The number of aliphatic carboxylic acids is 1. The van der Waals surface area contributed by atoms with Crippen LogP contribution in [-0.2, 0) is 11.8 Å². The van der Waals surface area contributed by atoms with E-state index in [4.69, 9.17) is 10.8 Å². The van der Waals surface area contributed by atoms with Crippen LogP contribution < -0.4 is 5.73 Å². The van der Waals surface area contributed by atoms with Gasteiger partial charge >= 0.3 is 5.97 Å². The van der Waals surface area contributed by atoms with Crippen LogP contribution in [0.3, 0.4) is 0 Å². The molecule has 3 N–H and O–H groups in total. The zero-order chi connectivity index (χ0) is 12.3. The molecule has 0 radical (unpaired) electrons. The van der Waals surface area contributed by atoms with Crippen LogP contribution in [0.5, 0.6) is 0 Å². The molecule has 1 aromatic rings. The first-order valence-corrected chi connectivity index (χ1v) is 5.87. The van der Waals surface area contributed by atoms with Gasteiger partial charge < -0.3 is 10.8 Å². The summed E-state index contributed by atoms with van der Waals surface area (Å²) in [6, 6.07) is 0. The Kier molecular flexibility index (Phi) is 3.98. The average molecular weight is 243 g/mol. The minimum Gasteiger partial charge on any atom is -0.480 e. The molecule has 0 saturated carbocycles. The van der Waals surface area contributed by atoms with Gasteiger partial charge in [0, 0.05) is 23.4 Å². The van der Waals surface area contributed by atoms with Crippen LogP contribution in [0, 0.1) is 0 Å². The van der Waals surface area contributed by atoms with Crippen molar-refractivity contribution in [1.29, 1.82) is 0 Å². The lowest BCUT2D eigenvalue weighted by Gasteiger charge is -2.22. The summed E-state index contributed by atoms with van der Waals surface area (Å²) in [5.74, 6) is -0.967. The molecule has 1 rings (SSSR count). The van der Waals surface area contributed by atoms with Crippen molar-refractivity contribution in [3.05, 3.63) is 12.4 Å². The summed E-state index contributed by atoms with van der Waals surface area (Å²) in [7, 11) is 1.85. The molecule has 0 aliphatic rings. The summed E-state index contributed by atoms with van der Waals surface area (Å²) < 4.78 is 1.72. The molecule has 16 heavy (non-hydrogen) atoms. The molecule has 1 aromatic heterocycles. The number of aromatic nitrogens is 2. The number of hydrogen-bond acceptors (Lipinski definition) is 4. The van der Waals surface area contributed by atoms with Gasteiger partial charge in [0.05, 0.1) is 6.20 Å².